The summed E-state index contributed by atoms with van der Waals surface area (Å²) in [5.74, 6) is -0.899. The van der Waals surface area contributed by atoms with Gasteiger partial charge in [-0.05, 0) is 42.8 Å². The number of hydrogen-bond acceptors (Lipinski definition) is 5. The normalized spacial score (nSPS) is 11.5. The van der Waals surface area contributed by atoms with Crippen molar-refractivity contribution in [1.82, 2.24) is 9.78 Å². The first kappa shape index (κ1) is 20.4. The van der Waals surface area contributed by atoms with E-state index in [1.165, 1.54) is 6.92 Å². The summed E-state index contributed by atoms with van der Waals surface area (Å²) in [5, 5.41) is 8.13. The van der Waals surface area contributed by atoms with Crippen molar-refractivity contribution in [1.29, 1.82) is 0 Å². The number of carbonyl (C=O) groups is 2. The first-order valence-corrected chi connectivity index (χ1v) is 8.18. The number of amides is 1. The molecule has 1 atom stereocenters. The Balaban J connectivity index is 0.00000261. The van der Waals surface area contributed by atoms with E-state index in [4.69, 9.17) is 10.5 Å². The zero-order valence-electron chi connectivity index (χ0n) is 15.0. The number of fused-ring (bicyclic) bond motifs is 1. The van der Waals surface area contributed by atoms with E-state index in [-0.39, 0.29) is 19.0 Å². The van der Waals surface area contributed by atoms with Gasteiger partial charge in [0, 0.05) is 18.0 Å². The van der Waals surface area contributed by atoms with Gasteiger partial charge >= 0.3 is 5.97 Å². The molecule has 142 valence electrons. The zero-order valence-corrected chi connectivity index (χ0v) is 15.8. The summed E-state index contributed by atoms with van der Waals surface area (Å²) in [6, 6.07) is 12.6. The number of carbonyl (C=O) groups excluding carboxylic acids is 2. The van der Waals surface area contributed by atoms with E-state index in [2.05, 4.69) is 10.4 Å². The lowest BCUT2D eigenvalue weighted by molar-refractivity contribution is -0.142. The molecule has 3 aromatic rings. The summed E-state index contributed by atoms with van der Waals surface area (Å²) in [6.45, 7) is 3.13. The van der Waals surface area contributed by atoms with E-state index < -0.39 is 17.9 Å². The van der Waals surface area contributed by atoms with Crippen molar-refractivity contribution < 1.29 is 14.3 Å². The van der Waals surface area contributed by atoms with Crippen LogP contribution in [0.5, 0.6) is 0 Å². The molecule has 0 radical (unpaired) electrons. The molecular weight excluding hydrogens is 368 g/mol. The Morgan fingerprint density at radius 1 is 1.26 bits per heavy atom. The van der Waals surface area contributed by atoms with Crippen LogP contribution in [0.3, 0.4) is 0 Å². The third-order valence-corrected chi connectivity index (χ3v) is 3.89. The van der Waals surface area contributed by atoms with Gasteiger partial charge in [-0.1, -0.05) is 12.1 Å². The summed E-state index contributed by atoms with van der Waals surface area (Å²) >= 11 is 0. The molecule has 1 aromatic heterocycles. The molecule has 0 bridgehead atoms. The highest BCUT2D eigenvalue weighted by Gasteiger charge is 2.16. The summed E-state index contributed by atoms with van der Waals surface area (Å²) in [6.07, 6.45) is 1.77. The molecule has 0 saturated heterocycles. The van der Waals surface area contributed by atoms with Crippen LogP contribution in [-0.2, 0) is 14.3 Å². The third-order valence-electron chi connectivity index (χ3n) is 3.89. The van der Waals surface area contributed by atoms with Crippen molar-refractivity contribution in [2.75, 3.05) is 11.9 Å². The molecule has 0 aliphatic rings. The Morgan fingerprint density at radius 3 is 2.74 bits per heavy atom. The molecule has 0 spiro atoms. The molecule has 3 N–H and O–H groups in total. The summed E-state index contributed by atoms with van der Waals surface area (Å²) < 4.78 is 6.59. The van der Waals surface area contributed by atoms with Crippen molar-refractivity contribution in [2.45, 2.75) is 19.9 Å². The molecule has 7 nitrogen and oxygen atoms in total. The fourth-order valence-corrected chi connectivity index (χ4v) is 2.58. The quantitative estimate of drug-likeness (QED) is 0.654. The van der Waals surface area contributed by atoms with E-state index in [0.29, 0.717) is 5.69 Å². The molecule has 0 unspecified atom stereocenters. The molecule has 1 heterocycles. The minimum atomic E-state index is -0.934. The van der Waals surface area contributed by atoms with Crippen LogP contribution in [0.15, 0.2) is 48.7 Å². The maximum absolute atomic E-state index is 12.1. The molecule has 3 rings (SSSR count). The predicted molar refractivity (Wildman–Crippen MR) is 106 cm³/mol. The van der Waals surface area contributed by atoms with Crippen LogP contribution < -0.4 is 11.1 Å². The van der Waals surface area contributed by atoms with Crippen LogP contribution in [0.25, 0.3) is 16.6 Å². The number of nitrogens with one attached hydrogen (secondary N) is 1. The van der Waals surface area contributed by atoms with E-state index in [0.717, 1.165) is 22.2 Å². The van der Waals surface area contributed by atoms with Gasteiger partial charge in [0.15, 0.2) is 0 Å². The topological polar surface area (TPSA) is 99.2 Å². The number of anilines is 1. The first-order valence-electron chi connectivity index (χ1n) is 8.18. The van der Waals surface area contributed by atoms with Gasteiger partial charge in [-0.2, -0.15) is 5.10 Å². The molecular formula is C19H21ClN4O3. The fraction of sp³-hybridized carbons (Fsp3) is 0.211. The first-order chi connectivity index (χ1) is 12.4. The van der Waals surface area contributed by atoms with Crippen molar-refractivity contribution in [2.24, 2.45) is 5.73 Å². The average Bonchev–Trinajstić information content (AvgIpc) is 3.02. The smallest absolute Gasteiger partial charge is 0.302 e. The minimum Gasteiger partial charge on any atom is -0.464 e. The Bertz CT molecular complexity index is 970. The van der Waals surface area contributed by atoms with Crippen molar-refractivity contribution in [3.63, 3.8) is 0 Å². The number of rotatable bonds is 5. The minimum absolute atomic E-state index is 0. The van der Waals surface area contributed by atoms with Gasteiger partial charge in [-0.3, -0.25) is 9.59 Å². The molecule has 0 fully saturated rings. The molecule has 8 heteroatoms. The lowest BCUT2D eigenvalue weighted by Gasteiger charge is -2.12. The zero-order chi connectivity index (χ0) is 18.7. The van der Waals surface area contributed by atoms with Crippen molar-refractivity contribution in [3.05, 3.63) is 54.2 Å². The molecule has 0 aliphatic carbocycles. The van der Waals surface area contributed by atoms with E-state index >= 15 is 0 Å². The van der Waals surface area contributed by atoms with Crippen molar-refractivity contribution >= 4 is 40.9 Å². The van der Waals surface area contributed by atoms with Crippen LogP contribution in [0.2, 0.25) is 0 Å². The highest BCUT2D eigenvalue weighted by molar-refractivity contribution is 5.97. The second kappa shape index (κ2) is 8.66. The molecule has 0 saturated carbocycles. The number of nitrogens with zero attached hydrogens (tertiary/aromatic N) is 2. The number of halogens is 1. The predicted octanol–water partition coefficient (Wildman–Crippen LogP) is 2.58. The largest absolute Gasteiger partial charge is 0.464 e. The Hall–Kier alpha value is -2.90. The number of aryl methyl sites for hydroxylation is 1. The monoisotopic (exact) mass is 388 g/mol. The van der Waals surface area contributed by atoms with E-state index in [1.54, 1.807) is 12.3 Å². The summed E-state index contributed by atoms with van der Waals surface area (Å²) in [7, 11) is 0. The second-order valence-electron chi connectivity index (χ2n) is 6.07. The standard InChI is InChI=1S/C19H20N4O3.ClH/c1-12-4-3-5-16(8-12)23-18-9-15(7-6-14(18)10-21-23)22-19(25)17(20)11-26-13(2)24;/h3-10,17H,11,20H2,1-2H3,(H,22,25);1H/t17-;/m0./s1. The van der Waals surface area contributed by atoms with Crippen LogP contribution in [0.4, 0.5) is 5.69 Å². The van der Waals surface area contributed by atoms with Crippen molar-refractivity contribution in [3.8, 4) is 5.69 Å². The Labute approximate surface area is 162 Å². The summed E-state index contributed by atoms with van der Waals surface area (Å²) in [4.78, 5) is 23.0. The highest BCUT2D eigenvalue weighted by atomic mass is 35.5. The third kappa shape index (κ3) is 4.84. The Kier molecular flexibility index (Phi) is 6.55. The number of ether oxygens (including phenoxy) is 1. The van der Waals surface area contributed by atoms with Gasteiger partial charge in [-0.15, -0.1) is 12.4 Å². The van der Waals surface area contributed by atoms with Crippen LogP contribution in [-0.4, -0.2) is 34.3 Å². The average molecular weight is 389 g/mol. The van der Waals surface area contributed by atoms with Gasteiger partial charge in [0.25, 0.3) is 0 Å². The number of esters is 1. The van der Waals surface area contributed by atoms with Crippen LogP contribution >= 0.6 is 12.4 Å². The number of nitrogens with two attached hydrogens (primary N) is 1. The number of benzene rings is 2. The maximum Gasteiger partial charge on any atom is 0.302 e. The number of aromatic nitrogens is 2. The number of hydrogen-bond donors (Lipinski definition) is 2. The van der Waals surface area contributed by atoms with Gasteiger partial charge in [-0.25, -0.2) is 4.68 Å². The van der Waals surface area contributed by atoms with Gasteiger partial charge in [0.1, 0.15) is 12.6 Å². The van der Waals surface area contributed by atoms with Crippen LogP contribution in [0.1, 0.15) is 12.5 Å². The van der Waals surface area contributed by atoms with Gasteiger partial charge in [0.2, 0.25) is 5.91 Å². The van der Waals surface area contributed by atoms with Gasteiger partial charge in [0.05, 0.1) is 17.4 Å². The fourth-order valence-electron chi connectivity index (χ4n) is 2.58. The molecule has 0 aliphatic heterocycles. The highest BCUT2D eigenvalue weighted by Crippen LogP contribution is 2.22. The van der Waals surface area contributed by atoms with E-state index in [9.17, 15) is 9.59 Å². The summed E-state index contributed by atoms with van der Waals surface area (Å²) in [5.41, 5.74) is 9.26. The second-order valence-corrected chi connectivity index (χ2v) is 6.07. The Morgan fingerprint density at radius 2 is 2.04 bits per heavy atom. The molecule has 2 aromatic carbocycles. The SMILES string of the molecule is CC(=O)OC[C@H](N)C(=O)Nc1ccc2cnn(-c3cccc(C)c3)c2c1.Cl. The lowest BCUT2D eigenvalue weighted by Crippen LogP contribution is -2.39. The molecule has 27 heavy (non-hydrogen) atoms. The van der Waals surface area contributed by atoms with Crippen LogP contribution in [0, 0.1) is 6.92 Å². The molecule has 1 amide bonds. The lowest BCUT2D eigenvalue weighted by atomic mass is 10.2. The maximum atomic E-state index is 12.1. The van der Waals surface area contributed by atoms with E-state index in [1.807, 2.05) is 48.0 Å². The van der Waals surface area contributed by atoms with Gasteiger partial charge < -0.3 is 15.8 Å².